The van der Waals surface area contributed by atoms with E-state index in [0.29, 0.717) is 49.2 Å². The van der Waals surface area contributed by atoms with Crippen LogP contribution >= 0.6 is 0 Å². The van der Waals surface area contributed by atoms with Crippen LogP contribution in [0.2, 0.25) is 0 Å². The van der Waals surface area contributed by atoms with Gasteiger partial charge in [0.15, 0.2) is 11.5 Å². The van der Waals surface area contributed by atoms with Crippen molar-refractivity contribution in [1.82, 2.24) is 4.31 Å². The molecule has 1 unspecified atom stereocenters. The minimum absolute atomic E-state index is 0.0484. The number of sulfonamides is 1. The molecule has 2 aliphatic heterocycles. The monoisotopic (exact) mass is 403 g/mol. The van der Waals surface area contributed by atoms with E-state index in [9.17, 15) is 13.2 Å². The molecule has 1 amide bonds. The van der Waals surface area contributed by atoms with Crippen LogP contribution in [0.5, 0.6) is 11.5 Å². The lowest BCUT2D eigenvalue weighted by atomic mass is 9.69. The molecule has 1 spiro atoms. The molecule has 1 aromatic carbocycles. The van der Waals surface area contributed by atoms with Crippen molar-refractivity contribution < 1.29 is 22.7 Å². The average Bonchev–Trinajstić information content (AvgIpc) is 3.17. The van der Waals surface area contributed by atoms with Gasteiger partial charge in [-0.25, -0.2) is 12.7 Å². The summed E-state index contributed by atoms with van der Waals surface area (Å²) in [6, 6.07) is 5.47. The zero-order valence-electron chi connectivity index (χ0n) is 16.2. The highest BCUT2D eigenvalue weighted by molar-refractivity contribution is 7.90. The maximum Gasteiger partial charge on any atom is 0.260 e. The Kier molecular flexibility index (Phi) is 3.70. The summed E-state index contributed by atoms with van der Waals surface area (Å²) in [4.78, 5) is 12.9. The van der Waals surface area contributed by atoms with E-state index >= 15 is 0 Å². The van der Waals surface area contributed by atoms with Gasteiger partial charge in [0.05, 0.1) is 5.25 Å². The van der Waals surface area contributed by atoms with Gasteiger partial charge in [-0.05, 0) is 42.7 Å². The van der Waals surface area contributed by atoms with Gasteiger partial charge in [0.25, 0.3) is 5.91 Å². The highest BCUT2D eigenvalue weighted by Crippen LogP contribution is 2.70. The Morgan fingerprint density at radius 2 is 2.04 bits per heavy atom. The van der Waals surface area contributed by atoms with E-state index in [1.807, 2.05) is 18.2 Å². The van der Waals surface area contributed by atoms with Crippen molar-refractivity contribution in [3.05, 3.63) is 29.8 Å². The Bertz CT molecular complexity index is 983. The largest absolute Gasteiger partial charge is 0.486 e. The zero-order chi connectivity index (χ0) is 19.7. The number of carbonyl (C=O) groups is 1. The summed E-state index contributed by atoms with van der Waals surface area (Å²) in [5, 5.41) is -0.424. The van der Waals surface area contributed by atoms with Crippen LogP contribution in [-0.4, -0.2) is 43.6 Å². The van der Waals surface area contributed by atoms with E-state index in [1.165, 1.54) is 6.08 Å². The SMILES string of the molecule is CC1(C)[C@@H]2CCC13CN(C(=O)C=Cc1cccc4c1OCCO4)S(=O)(=O)[C@@H]3C2. The van der Waals surface area contributed by atoms with Gasteiger partial charge in [0.1, 0.15) is 13.2 Å². The molecular weight excluding hydrogens is 378 g/mol. The molecule has 0 aromatic heterocycles. The van der Waals surface area contributed by atoms with Crippen LogP contribution in [0.15, 0.2) is 24.3 Å². The first kappa shape index (κ1) is 18.0. The Morgan fingerprint density at radius 1 is 1.25 bits per heavy atom. The molecule has 4 aliphatic rings. The van der Waals surface area contributed by atoms with E-state index in [2.05, 4.69) is 13.8 Å². The fraction of sp³-hybridized carbons (Fsp3) is 0.571. The number of benzene rings is 1. The normalized spacial score (nSPS) is 34.0. The summed E-state index contributed by atoms with van der Waals surface area (Å²) >= 11 is 0. The first-order valence-electron chi connectivity index (χ1n) is 9.90. The van der Waals surface area contributed by atoms with Crippen molar-refractivity contribution >= 4 is 22.0 Å². The quantitative estimate of drug-likeness (QED) is 0.710. The van der Waals surface area contributed by atoms with Crippen molar-refractivity contribution in [2.45, 2.75) is 38.4 Å². The molecule has 0 radical (unpaired) electrons. The fourth-order valence-electron chi connectivity index (χ4n) is 5.96. The summed E-state index contributed by atoms with van der Waals surface area (Å²) in [7, 11) is -3.62. The molecule has 0 N–H and O–H groups in total. The molecule has 2 saturated carbocycles. The number of rotatable bonds is 2. The third-order valence-electron chi connectivity index (χ3n) is 7.70. The van der Waals surface area contributed by atoms with Crippen molar-refractivity contribution in [1.29, 1.82) is 0 Å². The average molecular weight is 404 g/mol. The molecule has 1 aromatic rings. The molecule has 7 heteroatoms. The van der Waals surface area contributed by atoms with Gasteiger partial charge in [-0.1, -0.05) is 26.0 Å². The van der Waals surface area contributed by atoms with Crippen LogP contribution in [0.25, 0.3) is 6.08 Å². The summed E-state index contributed by atoms with van der Waals surface area (Å²) in [6.07, 6.45) is 5.60. The van der Waals surface area contributed by atoms with Crippen LogP contribution in [-0.2, 0) is 14.8 Å². The van der Waals surface area contributed by atoms with Crippen LogP contribution in [0.1, 0.15) is 38.7 Å². The van der Waals surface area contributed by atoms with Crippen LogP contribution in [0.3, 0.4) is 0 Å². The van der Waals surface area contributed by atoms with Crippen molar-refractivity contribution in [3.63, 3.8) is 0 Å². The first-order chi connectivity index (χ1) is 13.3. The number of carbonyl (C=O) groups excluding carboxylic acids is 1. The topological polar surface area (TPSA) is 72.9 Å². The molecule has 5 rings (SSSR count). The van der Waals surface area contributed by atoms with E-state index in [0.717, 1.165) is 17.1 Å². The summed E-state index contributed by atoms with van der Waals surface area (Å²) in [6.45, 7) is 5.60. The van der Waals surface area contributed by atoms with Crippen molar-refractivity contribution in [2.75, 3.05) is 19.8 Å². The van der Waals surface area contributed by atoms with Crippen LogP contribution in [0.4, 0.5) is 0 Å². The molecule has 3 atom stereocenters. The highest BCUT2D eigenvalue weighted by atomic mass is 32.2. The number of amides is 1. The lowest BCUT2D eigenvalue weighted by Gasteiger charge is -2.36. The molecular formula is C21H25NO5S. The molecule has 2 heterocycles. The predicted molar refractivity (Wildman–Crippen MR) is 104 cm³/mol. The van der Waals surface area contributed by atoms with Gasteiger partial charge in [-0.2, -0.15) is 0 Å². The van der Waals surface area contributed by atoms with Crippen LogP contribution < -0.4 is 9.47 Å². The molecule has 3 fully saturated rings. The lowest BCUT2D eigenvalue weighted by molar-refractivity contribution is -0.122. The molecule has 1 saturated heterocycles. The second kappa shape index (κ2) is 5.75. The first-order valence-corrected chi connectivity index (χ1v) is 11.4. The standard InChI is InChI=1S/C21H25NO5S/c1-20(2)15-8-9-21(20)13-22(28(24,25)17(21)12-15)18(23)7-6-14-4-3-5-16-19(14)27-11-10-26-16/h3-7,15,17H,8-13H2,1-2H3/t15-,17-,21?/m1/s1. The minimum atomic E-state index is -3.62. The lowest BCUT2D eigenvalue weighted by Crippen LogP contribution is -2.39. The molecule has 6 nitrogen and oxygen atoms in total. The van der Waals surface area contributed by atoms with Gasteiger partial charge < -0.3 is 9.47 Å². The zero-order valence-corrected chi connectivity index (χ0v) is 17.0. The Hall–Kier alpha value is -2.02. The summed E-state index contributed by atoms with van der Waals surface area (Å²) < 4.78 is 38.7. The third-order valence-corrected chi connectivity index (χ3v) is 9.98. The van der Waals surface area contributed by atoms with Gasteiger partial charge in [-0.3, -0.25) is 4.79 Å². The van der Waals surface area contributed by atoms with E-state index in [1.54, 1.807) is 6.08 Å². The third kappa shape index (κ3) is 2.19. The van der Waals surface area contributed by atoms with Gasteiger partial charge >= 0.3 is 0 Å². The second-order valence-electron chi connectivity index (χ2n) is 8.93. The Labute approximate surface area is 165 Å². The van der Waals surface area contributed by atoms with Crippen LogP contribution in [0, 0.1) is 16.7 Å². The van der Waals surface area contributed by atoms with Gasteiger partial charge in [0, 0.05) is 23.6 Å². The van der Waals surface area contributed by atoms with E-state index in [4.69, 9.17) is 9.47 Å². The number of hydrogen-bond acceptors (Lipinski definition) is 5. The fourth-order valence-corrected chi connectivity index (χ4v) is 8.53. The number of hydrogen-bond donors (Lipinski definition) is 0. The molecule has 150 valence electrons. The maximum absolute atomic E-state index is 13.2. The molecule has 28 heavy (non-hydrogen) atoms. The number of para-hydroxylation sites is 1. The predicted octanol–water partition coefficient (Wildman–Crippen LogP) is 2.84. The second-order valence-corrected chi connectivity index (χ2v) is 11.0. The van der Waals surface area contributed by atoms with Gasteiger partial charge in [-0.15, -0.1) is 0 Å². The molecule has 2 aliphatic carbocycles. The van der Waals surface area contributed by atoms with E-state index < -0.39 is 21.2 Å². The highest BCUT2D eigenvalue weighted by Gasteiger charge is 2.72. The molecule has 2 bridgehead atoms. The van der Waals surface area contributed by atoms with Crippen molar-refractivity contribution in [3.8, 4) is 11.5 Å². The van der Waals surface area contributed by atoms with E-state index in [-0.39, 0.29) is 10.8 Å². The van der Waals surface area contributed by atoms with Crippen molar-refractivity contribution in [2.24, 2.45) is 16.7 Å². The van der Waals surface area contributed by atoms with Gasteiger partial charge in [0.2, 0.25) is 10.0 Å². The Morgan fingerprint density at radius 3 is 2.79 bits per heavy atom. The number of ether oxygens (including phenoxy) is 2. The summed E-state index contributed by atoms with van der Waals surface area (Å²) in [5.74, 6) is 1.20. The smallest absolute Gasteiger partial charge is 0.260 e. The maximum atomic E-state index is 13.2. The number of fused-ring (bicyclic) bond motifs is 2. The minimum Gasteiger partial charge on any atom is -0.486 e. The Balaban J connectivity index is 1.44. The number of nitrogens with zero attached hydrogens (tertiary/aromatic N) is 1. The summed E-state index contributed by atoms with van der Waals surface area (Å²) in [5.41, 5.74) is 0.359.